The molecule has 2 aliphatic carbocycles. The molecule has 2 saturated carbocycles. The number of fused-ring (bicyclic) bond motifs is 2. The first kappa shape index (κ1) is 13.8. The second-order valence-corrected chi connectivity index (χ2v) is 6.74. The van der Waals surface area contributed by atoms with Crippen LogP contribution >= 0.6 is 0 Å². The molecule has 0 amide bonds. The van der Waals surface area contributed by atoms with Crippen LogP contribution in [0.5, 0.6) is 0 Å². The zero-order valence-electron chi connectivity index (χ0n) is 10.5. The van der Waals surface area contributed by atoms with Crippen LogP contribution in [-0.2, 0) is 16.1 Å². The molecule has 0 spiro atoms. The molecule has 0 aliphatic heterocycles. The van der Waals surface area contributed by atoms with Crippen LogP contribution in [0.25, 0.3) is 0 Å². The molecule has 3 atom stereocenters. The SMILES string of the molecule is CC1(C)C2CCC1(CN(CN=O)S(=O)[O-])C(=O)C2. The summed E-state index contributed by atoms with van der Waals surface area (Å²) in [6.45, 7) is 3.70. The van der Waals surface area contributed by atoms with Crippen molar-refractivity contribution >= 4 is 17.0 Å². The Balaban J connectivity index is 2.27. The van der Waals surface area contributed by atoms with Crippen molar-refractivity contribution in [1.29, 1.82) is 0 Å². The maximum absolute atomic E-state index is 12.2. The van der Waals surface area contributed by atoms with Gasteiger partial charge in [0.05, 0.1) is 0 Å². The number of nitroso groups, excluding NO2 is 1. The van der Waals surface area contributed by atoms with Crippen molar-refractivity contribution in [3.63, 3.8) is 0 Å². The lowest BCUT2D eigenvalue weighted by atomic mass is 9.69. The molecule has 0 aromatic rings. The lowest BCUT2D eigenvalue weighted by Crippen LogP contribution is -2.47. The van der Waals surface area contributed by atoms with Crippen molar-refractivity contribution in [3.05, 3.63) is 4.91 Å². The van der Waals surface area contributed by atoms with Crippen molar-refractivity contribution in [2.45, 2.75) is 33.1 Å². The number of hydrogen-bond acceptors (Lipinski definition) is 5. The van der Waals surface area contributed by atoms with E-state index in [-0.39, 0.29) is 17.7 Å². The number of nitrogens with zero attached hydrogens (tertiary/aromatic N) is 2. The number of carbonyl (C=O) groups excluding carboxylic acids is 1. The number of Topliss-reactive ketones (excluding diaryl/α,β-unsaturated/α-hetero) is 1. The van der Waals surface area contributed by atoms with E-state index in [2.05, 4.69) is 5.18 Å². The third-order valence-corrected chi connectivity index (χ3v) is 5.68. The summed E-state index contributed by atoms with van der Waals surface area (Å²) < 4.78 is 23.1. The van der Waals surface area contributed by atoms with Crippen molar-refractivity contribution in [1.82, 2.24) is 4.31 Å². The fraction of sp³-hybridized carbons (Fsp3) is 0.909. The maximum Gasteiger partial charge on any atom is 0.143 e. The van der Waals surface area contributed by atoms with Crippen LogP contribution in [0, 0.1) is 21.7 Å². The highest BCUT2D eigenvalue weighted by atomic mass is 32.2. The van der Waals surface area contributed by atoms with Crippen molar-refractivity contribution in [3.8, 4) is 0 Å². The van der Waals surface area contributed by atoms with Crippen molar-refractivity contribution in [2.75, 3.05) is 13.2 Å². The molecular weight excluding hydrogens is 256 g/mol. The Bertz CT molecular complexity index is 412. The van der Waals surface area contributed by atoms with Crippen molar-refractivity contribution < 1.29 is 13.6 Å². The van der Waals surface area contributed by atoms with Gasteiger partial charge in [-0.3, -0.25) is 9.00 Å². The average Bonchev–Trinajstić information content (AvgIpc) is 2.62. The lowest BCUT2D eigenvalue weighted by Gasteiger charge is -2.40. The fourth-order valence-electron chi connectivity index (χ4n) is 3.66. The second-order valence-electron chi connectivity index (χ2n) is 5.79. The first-order chi connectivity index (χ1) is 8.35. The zero-order valence-corrected chi connectivity index (χ0v) is 11.4. The van der Waals surface area contributed by atoms with Gasteiger partial charge in [0.15, 0.2) is 0 Å². The van der Waals surface area contributed by atoms with E-state index in [4.69, 9.17) is 0 Å². The van der Waals surface area contributed by atoms with Crippen LogP contribution in [0.2, 0.25) is 0 Å². The average molecular weight is 273 g/mol. The molecule has 18 heavy (non-hydrogen) atoms. The quantitative estimate of drug-likeness (QED) is 0.556. The molecule has 0 radical (unpaired) electrons. The van der Waals surface area contributed by atoms with Gasteiger partial charge in [0.25, 0.3) is 0 Å². The molecule has 2 rings (SSSR count). The van der Waals surface area contributed by atoms with Crippen LogP contribution in [0.15, 0.2) is 5.18 Å². The summed E-state index contributed by atoms with van der Waals surface area (Å²) in [7, 11) is 0. The first-order valence-electron chi connectivity index (χ1n) is 6.02. The Morgan fingerprint density at radius 3 is 2.61 bits per heavy atom. The fourth-order valence-corrected chi connectivity index (χ4v) is 4.12. The molecule has 0 heterocycles. The summed E-state index contributed by atoms with van der Waals surface area (Å²) in [6.07, 6.45) is 2.18. The van der Waals surface area contributed by atoms with Crippen LogP contribution in [0.4, 0.5) is 0 Å². The van der Waals surface area contributed by atoms with Gasteiger partial charge in [-0.1, -0.05) is 19.0 Å². The van der Waals surface area contributed by atoms with Gasteiger partial charge in [-0.15, -0.1) is 4.91 Å². The maximum atomic E-state index is 12.2. The third-order valence-electron chi connectivity index (χ3n) is 5.01. The van der Waals surface area contributed by atoms with Crippen molar-refractivity contribution in [2.24, 2.45) is 21.9 Å². The van der Waals surface area contributed by atoms with Gasteiger partial charge in [0.1, 0.15) is 12.5 Å². The number of ketones is 1. The van der Waals surface area contributed by atoms with Gasteiger partial charge in [-0.25, -0.2) is 4.31 Å². The van der Waals surface area contributed by atoms with E-state index in [9.17, 15) is 18.5 Å². The summed E-state index contributed by atoms with van der Waals surface area (Å²) in [5, 5.41) is 2.62. The molecule has 0 aromatic carbocycles. The van der Waals surface area contributed by atoms with Gasteiger partial charge in [0, 0.05) is 29.6 Å². The van der Waals surface area contributed by atoms with E-state index in [1.165, 1.54) is 0 Å². The van der Waals surface area contributed by atoms with E-state index in [1.807, 2.05) is 13.8 Å². The summed E-state index contributed by atoms with van der Waals surface area (Å²) in [5.74, 6) is 0.459. The smallest absolute Gasteiger partial charge is 0.143 e. The Morgan fingerprint density at radius 2 is 2.22 bits per heavy atom. The molecule has 102 valence electrons. The topological polar surface area (TPSA) is 89.9 Å². The largest absolute Gasteiger partial charge is 0.760 e. The highest BCUT2D eigenvalue weighted by Gasteiger charge is 2.64. The summed E-state index contributed by atoms with van der Waals surface area (Å²) in [6, 6.07) is 0. The normalized spacial score (nSPS) is 35.1. The van der Waals surface area contributed by atoms with Crippen LogP contribution in [0.3, 0.4) is 0 Å². The molecule has 2 bridgehead atoms. The monoisotopic (exact) mass is 273 g/mol. The molecule has 6 nitrogen and oxygen atoms in total. The molecule has 2 aliphatic rings. The summed E-state index contributed by atoms with van der Waals surface area (Å²) >= 11 is -2.52. The minimum Gasteiger partial charge on any atom is -0.760 e. The molecule has 0 aromatic heterocycles. The predicted molar refractivity (Wildman–Crippen MR) is 64.8 cm³/mol. The molecule has 2 fully saturated rings. The Morgan fingerprint density at radius 1 is 1.56 bits per heavy atom. The predicted octanol–water partition coefficient (Wildman–Crippen LogP) is 1.20. The second kappa shape index (κ2) is 4.47. The van der Waals surface area contributed by atoms with Crippen LogP contribution in [-0.4, -0.2) is 32.1 Å². The van der Waals surface area contributed by atoms with Gasteiger partial charge in [-0.05, 0) is 24.2 Å². The van der Waals surface area contributed by atoms with Gasteiger partial charge >= 0.3 is 0 Å². The molecule has 7 heteroatoms. The van der Waals surface area contributed by atoms with Gasteiger partial charge < -0.3 is 4.55 Å². The number of carbonyl (C=O) groups is 1. The van der Waals surface area contributed by atoms with E-state index in [0.29, 0.717) is 18.8 Å². The van der Waals surface area contributed by atoms with Gasteiger partial charge in [0.2, 0.25) is 0 Å². The molecule has 0 saturated heterocycles. The minimum atomic E-state index is -2.52. The highest BCUT2D eigenvalue weighted by Crippen LogP contribution is 2.64. The van der Waals surface area contributed by atoms with E-state index in [1.54, 1.807) is 0 Å². The molecule has 3 unspecified atom stereocenters. The standard InChI is InChI=1S/C11H18N2O4S/c1-10(2)8-3-4-11(10,9(14)5-8)6-13(7-12-15)18(16)17/h8H,3-7H2,1-2H3,(H,16,17)/p-1. The Hall–Kier alpha value is -0.660. The highest BCUT2D eigenvalue weighted by molar-refractivity contribution is 7.76. The third kappa shape index (κ3) is 1.76. The number of rotatable bonds is 5. The van der Waals surface area contributed by atoms with Crippen LogP contribution in [0.1, 0.15) is 33.1 Å². The van der Waals surface area contributed by atoms with Crippen LogP contribution < -0.4 is 0 Å². The summed E-state index contributed by atoms with van der Waals surface area (Å²) in [5.41, 5.74) is -0.840. The summed E-state index contributed by atoms with van der Waals surface area (Å²) in [4.78, 5) is 22.5. The van der Waals surface area contributed by atoms with E-state index in [0.717, 1.165) is 10.7 Å². The Labute approximate surface area is 109 Å². The number of hydrogen-bond donors (Lipinski definition) is 0. The molecular formula is C11H17N2O4S-. The lowest BCUT2D eigenvalue weighted by molar-refractivity contribution is -0.130. The Kier molecular flexibility index (Phi) is 3.42. The molecule has 0 N–H and O–H groups in total. The first-order valence-corrected chi connectivity index (χ1v) is 7.05. The van der Waals surface area contributed by atoms with E-state index < -0.39 is 23.4 Å². The zero-order chi connectivity index (χ0) is 13.6. The minimum absolute atomic E-state index is 0.0805. The van der Waals surface area contributed by atoms with Gasteiger partial charge in [-0.2, -0.15) is 0 Å². The van der Waals surface area contributed by atoms with E-state index >= 15 is 0 Å².